The van der Waals surface area contributed by atoms with Crippen LogP contribution in [0.2, 0.25) is 0 Å². The number of aromatic amines is 1. The van der Waals surface area contributed by atoms with E-state index in [4.69, 9.17) is 4.74 Å². The molecule has 1 aromatic carbocycles. The number of fused-ring (bicyclic) bond motifs is 1. The van der Waals surface area contributed by atoms with Crippen LogP contribution in [0.15, 0.2) is 24.4 Å². The van der Waals surface area contributed by atoms with Gasteiger partial charge in [-0.05, 0) is 24.5 Å². The molecule has 2 aliphatic rings. The Labute approximate surface area is 178 Å². The van der Waals surface area contributed by atoms with Crippen molar-refractivity contribution in [2.75, 3.05) is 52.5 Å². The summed E-state index contributed by atoms with van der Waals surface area (Å²) in [6.45, 7) is 9.51. The first-order valence-corrected chi connectivity index (χ1v) is 11.0. The first-order valence-electron chi connectivity index (χ1n) is 11.0. The molecular formula is C23H32N4O3. The lowest BCUT2D eigenvalue weighted by Gasteiger charge is -2.39. The fraction of sp³-hybridized carbons (Fsp3) is 0.565. The van der Waals surface area contributed by atoms with Gasteiger partial charge < -0.3 is 19.5 Å². The Hall–Kier alpha value is -2.38. The van der Waals surface area contributed by atoms with Gasteiger partial charge in [0.25, 0.3) is 0 Å². The predicted molar refractivity (Wildman–Crippen MR) is 116 cm³/mol. The van der Waals surface area contributed by atoms with E-state index >= 15 is 0 Å². The van der Waals surface area contributed by atoms with Crippen molar-refractivity contribution in [2.24, 2.45) is 0 Å². The van der Waals surface area contributed by atoms with Gasteiger partial charge in [0, 0.05) is 56.4 Å². The van der Waals surface area contributed by atoms with Crippen LogP contribution in [0.3, 0.4) is 0 Å². The van der Waals surface area contributed by atoms with E-state index in [1.54, 1.807) is 0 Å². The minimum Gasteiger partial charge on any atom is -0.378 e. The number of nitrogens with one attached hydrogen (secondary N) is 1. The minimum atomic E-state index is -0.151. The molecule has 4 rings (SSSR count). The molecule has 0 saturated carbocycles. The lowest BCUT2D eigenvalue weighted by atomic mass is 10.0. The van der Waals surface area contributed by atoms with Crippen molar-refractivity contribution in [3.8, 4) is 0 Å². The number of para-hydroxylation sites is 1. The third-order valence-corrected chi connectivity index (χ3v) is 6.50. The molecule has 1 N–H and O–H groups in total. The summed E-state index contributed by atoms with van der Waals surface area (Å²) < 4.78 is 5.34. The van der Waals surface area contributed by atoms with E-state index in [0.717, 1.165) is 36.0 Å². The van der Waals surface area contributed by atoms with E-state index in [1.807, 2.05) is 22.9 Å². The fourth-order valence-corrected chi connectivity index (χ4v) is 4.55. The summed E-state index contributed by atoms with van der Waals surface area (Å²) in [5, 5.41) is 1.14. The van der Waals surface area contributed by atoms with Crippen molar-refractivity contribution >= 4 is 22.7 Å². The number of hydrogen-bond donors (Lipinski definition) is 1. The highest BCUT2D eigenvalue weighted by atomic mass is 16.5. The summed E-state index contributed by atoms with van der Waals surface area (Å²) >= 11 is 0. The number of ether oxygens (including phenoxy) is 1. The highest BCUT2D eigenvalue weighted by Crippen LogP contribution is 2.23. The molecule has 7 nitrogen and oxygen atoms in total. The van der Waals surface area contributed by atoms with Gasteiger partial charge in [-0.25, -0.2) is 0 Å². The summed E-state index contributed by atoms with van der Waals surface area (Å²) in [6, 6.07) is 6.13. The number of aryl methyl sites for hydroxylation is 1. The SMILES string of the molecule is CCc1cccc2c(CC(=O)N3CCN(C(C)C(=O)N4CCOCC4)CC3)c[nH]c12. The quantitative estimate of drug-likeness (QED) is 0.811. The molecule has 2 aromatic rings. The molecular weight excluding hydrogens is 380 g/mol. The molecule has 0 radical (unpaired) electrons. The Kier molecular flexibility index (Phi) is 6.39. The monoisotopic (exact) mass is 412 g/mol. The van der Waals surface area contributed by atoms with Gasteiger partial charge in [0.1, 0.15) is 0 Å². The van der Waals surface area contributed by atoms with Gasteiger partial charge in [-0.1, -0.05) is 25.1 Å². The molecule has 1 atom stereocenters. The molecule has 30 heavy (non-hydrogen) atoms. The maximum Gasteiger partial charge on any atom is 0.239 e. The van der Waals surface area contributed by atoms with Gasteiger partial charge >= 0.3 is 0 Å². The Morgan fingerprint density at radius 3 is 2.47 bits per heavy atom. The topological polar surface area (TPSA) is 68.9 Å². The van der Waals surface area contributed by atoms with Crippen molar-refractivity contribution in [1.29, 1.82) is 0 Å². The Morgan fingerprint density at radius 1 is 1.03 bits per heavy atom. The molecule has 2 saturated heterocycles. The highest BCUT2D eigenvalue weighted by molar-refractivity contribution is 5.90. The fourth-order valence-electron chi connectivity index (χ4n) is 4.55. The smallest absolute Gasteiger partial charge is 0.239 e. The molecule has 7 heteroatoms. The maximum absolute atomic E-state index is 12.9. The van der Waals surface area contributed by atoms with Gasteiger partial charge in [0.15, 0.2) is 0 Å². The van der Waals surface area contributed by atoms with Gasteiger partial charge in [-0.2, -0.15) is 0 Å². The standard InChI is InChI=1S/C23H32N4O3/c1-3-18-5-4-6-20-19(16-24-22(18)20)15-21(28)26-9-7-25(8-10-26)17(2)23(29)27-11-13-30-14-12-27/h4-6,16-17,24H,3,7-15H2,1-2H3. The van der Waals surface area contributed by atoms with E-state index < -0.39 is 0 Å². The molecule has 1 unspecified atom stereocenters. The van der Waals surface area contributed by atoms with Crippen LogP contribution in [0.1, 0.15) is 25.0 Å². The van der Waals surface area contributed by atoms with Crippen LogP contribution in [0.25, 0.3) is 10.9 Å². The molecule has 2 amide bonds. The van der Waals surface area contributed by atoms with Crippen molar-refractivity contribution in [3.63, 3.8) is 0 Å². The number of rotatable bonds is 5. The maximum atomic E-state index is 12.9. The van der Waals surface area contributed by atoms with Crippen LogP contribution < -0.4 is 0 Å². The molecule has 0 spiro atoms. The number of carbonyl (C=O) groups excluding carboxylic acids is 2. The van der Waals surface area contributed by atoms with Crippen LogP contribution >= 0.6 is 0 Å². The van der Waals surface area contributed by atoms with Gasteiger partial charge in [0.05, 0.1) is 25.7 Å². The Balaban J connectivity index is 1.33. The van der Waals surface area contributed by atoms with E-state index in [9.17, 15) is 9.59 Å². The van der Waals surface area contributed by atoms with E-state index in [-0.39, 0.29) is 17.9 Å². The molecule has 162 valence electrons. The second-order valence-corrected chi connectivity index (χ2v) is 8.21. The third kappa shape index (κ3) is 4.23. The number of morpholine rings is 1. The van der Waals surface area contributed by atoms with Gasteiger partial charge in [-0.15, -0.1) is 0 Å². The van der Waals surface area contributed by atoms with Crippen molar-refractivity contribution in [3.05, 3.63) is 35.5 Å². The van der Waals surface area contributed by atoms with Crippen LogP contribution in [-0.4, -0.2) is 90.0 Å². The predicted octanol–water partition coefficient (Wildman–Crippen LogP) is 1.66. The lowest BCUT2D eigenvalue weighted by Crippen LogP contribution is -2.56. The zero-order valence-corrected chi connectivity index (χ0v) is 18.0. The first kappa shape index (κ1) is 20.9. The zero-order valence-electron chi connectivity index (χ0n) is 18.0. The number of hydrogen-bond acceptors (Lipinski definition) is 4. The summed E-state index contributed by atoms with van der Waals surface area (Å²) in [7, 11) is 0. The van der Waals surface area contributed by atoms with Crippen molar-refractivity contribution in [2.45, 2.75) is 32.7 Å². The van der Waals surface area contributed by atoms with Gasteiger partial charge in [0.2, 0.25) is 11.8 Å². The lowest BCUT2D eigenvalue weighted by molar-refractivity contribution is -0.142. The normalized spacial score (nSPS) is 19.3. The summed E-state index contributed by atoms with van der Waals surface area (Å²) in [6.07, 6.45) is 3.35. The number of amides is 2. The second-order valence-electron chi connectivity index (χ2n) is 8.21. The van der Waals surface area contributed by atoms with Crippen molar-refractivity contribution < 1.29 is 14.3 Å². The summed E-state index contributed by atoms with van der Waals surface area (Å²) in [4.78, 5) is 35.0. The van der Waals surface area contributed by atoms with Crippen molar-refractivity contribution in [1.82, 2.24) is 19.7 Å². The van der Waals surface area contributed by atoms with E-state index in [0.29, 0.717) is 45.8 Å². The zero-order chi connectivity index (χ0) is 21.1. The van der Waals surface area contributed by atoms with Gasteiger partial charge in [-0.3, -0.25) is 14.5 Å². The van der Waals surface area contributed by atoms with Crippen LogP contribution in [-0.2, 0) is 27.2 Å². The minimum absolute atomic E-state index is 0.151. The number of H-pyrrole nitrogens is 1. The average molecular weight is 413 g/mol. The molecule has 3 heterocycles. The molecule has 0 bridgehead atoms. The Bertz CT molecular complexity index is 895. The molecule has 0 aliphatic carbocycles. The average Bonchev–Trinajstić information content (AvgIpc) is 3.21. The van der Waals surface area contributed by atoms with Crippen LogP contribution in [0.4, 0.5) is 0 Å². The second kappa shape index (κ2) is 9.18. The Morgan fingerprint density at radius 2 is 1.77 bits per heavy atom. The summed E-state index contributed by atoms with van der Waals surface area (Å²) in [5.41, 5.74) is 3.48. The number of benzene rings is 1. The third-order valence-electron chi connectivity index (χ3n) is 6.50. The summed E-state index contributed by atoms with van der Waals surface area (Å²) in [5.74, 6) is 0.327. The number of nitrogens with zero attached hydrogens (tertiary/aromatic N) is 3. The molecule has 2 fully saturated rings. The molecule has 1 aromatic heterocycles. The number of carbonyl (C=O) groups is 2. The highest BCUT2D eigenvalue weighted by Gasteiger charge is 2.30. The van der Waals surface area contributed by atoms with Crippen LogP contribution in [0.5, 0.6) is 0 Å². The first-order chi connectivity index (χ1) is 14.6. The number of piperazine rings is 1. The molecule has 2 aliphatic heterocycles. The largest absolute Gasteiger partial charge is 0.378 e. The van der Waals surface area contributed by atoms with Crippen LogP contribution in [0, 0.1) is 0 Å². The van der Waals surface area contributed by atoms with E-state index in [2.05, 4.69) is 35.0 Å². The number of aromatic nitrogens is 1. The van der Waals surface area contributed by atoms with E-state index in [1.165, 1.54) is 5.56 Å².